The van der Waals surface area contributed by atoms with E-state index in [1.807, 2.05) is 6.92 Å². The number of nitrogens with zero attached hydrogens (tertiary/aromatic N) is 1. The summed E-state index contributed by atoms with van der Waals surface area (Å²) < 4.78 is 52.1. The lowest BCUT2D eigenvalue weighted by molar-refractivity contribution is 0.478. The molecular formula is C23H27NO4S2Si. The van der Waals surface area contributed by atoms with Gasteiger partial charge < -0.3 is 0 Å². The van der Waals surface area contributed by atoms with Crippen molar-refractivity contribution in [2.75, 3.05) is 13.1 Å². The number of sulfonamides is 1. The van der Waals surface area contributed by atoms with Crippen molar-refractivity contribution in [3.63, 3.8) is 0 Å². The van der Waals surface area contributed by atoms with Crippen LogP contribution in [0, 0.1) is 18.4 Å². The Kier molecular flexibility index (Phi) is 8.24. The van der Waals surface area contributed by atoms with Crippen LogP contribution in [0.15, 0.2) is 81.6 Å². The lowest BCUT2D eigenvalue weighted by Gasteiger charge is -2.18. The fourth-order valence-electron chi connectivity index (χ4n) is 2.47. The number of hydrogen-bond donors (Lipinski definition) is 0. The van der Waals surface area contributed by atoms with Crippen molar-refractivity contribution in [1.29, 1.82) is 0 Å². The third-order valence-electron chi connectivity index (χ3n) is 4.09. The fraction of sp³-hybridized carbons (Fsp3) is 0.261. The number of sulfone groups is 1. The highest BCUT2D eigenvalue weighted by Gasteiger charge is 2.23. The smallest absolute Gasteiger partial charge is 0.218 e. The maximum Gasteiger partial charge on any atom is 0.244 e. The lowest BCUT2D eigenvalue weighted by atomic mass is 10.2. The summed E-state index contributed by atoms with van der Waals surface area (Å²) in [7, 11) is -9.10. The molecule has 0 aromatic heterocycles. The van der Waals surface area contributed by atoms with Crippen molar-refractivity contribution >= 4 is 27.9 Å². The molecule has 0 aliphatic rings. The molecule has 0 amide bonds. The van der Waals surface area contributed by atoms with E-state index in [-0.39, 0.29) is 22.9 Å². The Labute approximate surface area is 187 Å². The molecule has 5 nitrogen and oxygen atoms in total. The zero-order chi connectivity index (χ0) is 23.1. The molecule has 2 aromatic rings. The van der Waals surface area contributed by atoms with E-state index < -0.39 is 27.9 Å². The summed E-state index contributed by atoms with van der Waals surface area (Å²) in [5.74, 6) is 2.98. The Hall–Kier alpha value is -2.40. The first-order valence-corrected chi connectivity index (χ1v) is 16.2. The van der Waals surface area contributed by atoms with Crippen LogP contribution in [0.5, 0.6) is 0 Å². The van der Waals surface area contributed by atoms with Crippen LogP contribution >= 0.6 is 0 Å². The molecule has 0 saturated carbocycles. The Balaban J connectivity index is 2.31. The van der Waals surface area contributed by atoms with Gasteiger partial charge in [0.05, 0.1) is 21.7 Å². The first-order valence-electron chi connectivity index (χ1n) is 9.70. The number of rotatable bonds is 7. The Morgan fingerprint density at radius 2 is 1.52 bits per heavy atom. The first-order chi connectivity index (χ1) is 14.4. The van der Waals surface area contributed by atoms with Crippen LogP contribution in [0.25, 0.3) is 0 Å². The second-order valence-electron chi connectivity index (χ2n) is 8.01. The summed E-state index contributed by atoms with van der Waals surface area (Å²) in [5, 5.41) is 0.951. The lowest BCUT2D eigenvalue weighted by Crippen LogP contribution is -2.32. The fourth-order valence-corrected chi connectivity index (χ4v) is 5.31. The summed E-state index contributed by atoms with van der Waals surface area (Å²) in [5.41, 5.74) is 6.73. The zero-order valence-corrected chi connectivity index (χ0v) is 20.8. The molecule has 0 N–H and O–H groups in total. The van der Waals surface area contributed by atoms with Gasteiger partial charge in [0.25, 0.3) is 0 Å². The minimum Gasteiger partial charge on any atom is -0.218 e. The third-order valence-corrected chi connectivity index (χ3v) is 8.21. The molecule has 2 rings (SSSR count). The van der Waals surface area contributed by atoms with E-state index >= 15 is 0 Å². The summed E-state index contributed by atoms with van der Waals surface area (Å²) in [4.78, 5) is 0.322. The van der Waals surface area contributed by atoms with Crippen LogP contribution in [-0.4, -0.2) is 42.3 Å². The van der Waals surface area contributed by atoms with E-state index in [4.69, 9.17) is 0 Å². The van der Waals surface area contributed by atoms with E-state index in [2.05, 4.69) is 36.8 Å². The summed E-state index contributed by atoms with van der Waals surface area (Å²) in [6.45, 7) is 8.09. The van der Waals surface area contributed by atoms with Gasteiger partial charge in [0.1, 0.15) is 8.07 Å². The van der Waals surface area contributed by atoms with Crippen molar-refractivity contribution in [1.82, 2.24) is 4.31 Å². The first kappa shape index (κ1) is 24.9. The van der Waals surface area contributed by atoms with Gasteiger partial charge in [0, 0.05) is 6.54 Å². The Morgan fingerprint density at radius 3 is 2.10 bits per heavy atom. The van der Waals surface area contributed by atoms with Crippen LogP contribution in [0.2, 0.25) is 19.6 Å². The van der Waals surface area contributed by atoms with E-state index in [0.29, 0.717) is 0 Å². The molecule has 0 unspecified atom stereocenters. The highest BCUT2D eigenvalue weighted by atomic mass is 32.2. The molecule has 0 aliphatic carbocycles. The van der Waals surface area contributed by atoms with E-state index in [9.17, 15) is 16.8 Å². The van der Waals surface area contributed by atoms with Gasteiger partial charge >= 0.3 is 0 Å². The van der Waals surface area contributed by atoms with E-state index in [0.717, 1.165) is 11.0 Å². The minimum atomic E-state index is -3.79. The predicted molar refractivity (Wildman–Crippen MR) is 127 cm³/mol. The van der Waals surface area contributed by atoms with Gasteiger partial charge in [-0.25, -0.2) is 16.8 Å². The van der Waals surface area contributed by atoms with Crippen LogP contribution in [0.4, 0.5) is 0 Å². The summed E-state index contributed by atoms with van der Waals surface area (Å²) in [6.07, 6.45) is 1.39. The predicted octanol–water partition coefficient (Wildman–Crippen LogP) is 4.01. The van der Waals surface area contributed by atoms with Crippen LogP contribution in [0.3, 0.4) is 0 Å². The molecule has 8 heteroatoms. The monoisotopic (exact) mass is 473 g/mol. The molecule has 164 valence electrons. The van der Waals surface area contributed by atoms with Gasteiger partial charge in [-0.3, -0.25) is 0 Å². The summed E-state index contributed by atoms with van der Waals surface area (Å²) in [6, 6.07) is 14.6. The molecule has 0 saturated heterocycles. The van der Waals surface area contributed by atoms with Crippen molar-refractivity contribution < 1.29 is 16.8 Å². The topological polar surface area (TPSA) is 71.5 Å². The van der Waals surface area contributed by atoms with E-state index in [1.54, 1.807) is 42.5 Å². The maximum atomic E-state index is 13.1. The molecular weight excluding hydrogens is 446 g/mol. The highest BCUT2D eigenvalue weighted by Crippen LogP contribution is 2.16. The van der Waals surface area contributed by atoms with Crippen LogP contribution in [0.1, 0.15) is 5.56 Å². The Bertz CT molecular complexity index is 1230. The van der Waals surface area contributed by atoms with Gasteiger partial charge in [0.15, 0.2) is 0 Å². The largest absolute Gasteiger partial charge is 0.244 e. The van der Waals surface area contributed by atoms with Gasteiger partial charge in [-0.2, -0.15) is 4.31 Å². The average molecular weight is 474 g/mol. The Morgan fingerprint density at radius 1 is 0.903 bits per heavy atom. The molecule has 0 aliphatic heterocycles. The SMILES string of the molecule is Cc1ccc(S(=O)(=O)N(CC#C[Si](C)(C)C)CC=C=CS(=O)(=O)c2ccccc2)cc1. The molecule has 0 radical (unpaired) electrons. The van der Waals surface area contributed by atoms with Gasteiger partial charge in [-0.1, -0.05) is 61.5 Å². The third kappa shape index (κ3) is 7.66. The van der Waals surface area contributed by atoms with Crippen molar-refractivity contribution in [2.24, 2.45) is 0 Å². The van der Waals surface area contributed by atoms with Gasteiger partial charge in [-0.05, 0) is 37.3 Å². The maximum absolute atomic E-state index is 13.1. The van der Waals surface area contributed by atoms with Crippen molar-refractivity contribution in [3.05, 3.63) is 77.4 Å². The molecule has 0 fully saturated rings. The molecule has 0 atom stereocenters. The summed E-state index contributed by atoms with van der Waals surface area (Å²) >= 11 is 0. The van der Waals surface area contributed by atoms with Crippen molar-refractivity contribution in [2.45, 2.75) is 36.4 Å². The van der Waals surface area contributed by atoms with E-state index in [1.165, 1.54) is 22.5 Å². The average Bonchev–Trinajstić information content (AvgIpc) is 2.70. The normalized spacial score (nSPS) is 11.9. The number of aryl methyl sites for hydroxylation is 1. The molecule has 0 spiro atoms. The molecule has 2 aromatic carbocycles. The second-order valence-corrected chi connectivity index (χ2v) is 16.5. The molecule has 0 heterocycles. The van der Waals surface area contributed by atoms with Crippen molar-refractivity contribution in [3.8, 4) is 11.5 Å². The van der Waals surface area contributed by atoms with Gasteiger partial charge in [0.2, 0.25) is 19.9 Å². The number of benzene rings is 2. The van der Waals surface area contributed by atoms with Gasteiger partial charge in [-0.15, -0.1) is 11.3 Å². The zero-order valence-electron chi connectivity index (χ0n) is 18.2. The van der Waals surface area contributed by atoms with Crippen LogP contribution in [-0.2, 0) is 19.9 Å². The minimum absolute atomic E-state index is 0.0180. The standard InChI is InChI=1S/C23H27NO4S2Si/c1-21-13-15-23(16-14-21)30(27,28)24(18-10-20-31(2,3)4)17-8-9-19-29(25,26)22-11-6-5-7-12-22/h5-8,11-16,19H,17-18H2,1-4H3. The molecule has 0 bridgehead atoms. The number of hydrogen-bond acceptors (Lipinski definition) is 4. The second kappa shape index (κ2) is 10.3. The van der Waals surface area contributed by atoms with Crippen LogP contribution < -0.4 is 0 Å². The quantitative estimate of drug-likeness (QED) is 0.346. The molecule has 31 heavy (non-hydrogen) atoms. The highest BCUT2D eigenvalue weighted by molar-refractivity contribution is 7.94.